The highest BCUT2D eigenvalue weighted by molar-refractivity contribution is 6.03. The molecule has 0 aromatic heterocycles. The average molecular weight is 282 g/mol. The zero-order chi connectivity index (χ0) is 15.7. The molecule has 1 rings (SSSR count). The van der Waals surface area contributed by atoms with E-state index in [1.807, 2.05) is 41.5 Å². The van der Waals surface area contributed by atoms with E-state index in [4.69, 9.17) is 0 Å². The van der Waals surface area contributed by atoms with Gasteiger partial charge >= 0.3 is 0 Å². The number of carbonyl (C=O) groups excluding carboxylic acids is 3. The van der Waals surface area contributed by atoms with Crippen LogP contribution in [0.2, 0.25) is 0 Å². The molecule has 1 unspecified atom stereocenters. The summed E-state index contributed by atoms with van der Waals surface area (Å²) < 4.78 is 0. The van der Waals surface area contributed by atoms with Crippen LogP contribution in [0.25, 0.3) is 0 Å². The van der Waals surface area contributed by atoms with Crippen LogP contribution in [-0.4, -0.2) is 35.7 Å². The third-order valence-corrected chi connectivity index (χ3v) is 3.59. The molecule has 1 N–H and O–H groups in total. The zero-order valence-electron chi connectivity index (χ0n) is 13.4. The van der Waals surface area contributed by atoms with Crippen molar-refractivity contribution >= 4 is 17.7 Å². The highest BCUT2D eigenvalue weighted by atomic mass is 16.2. The molecule has 0 aliphatic carbocycles. The van der Waals surface area contributed by atoms with Crippen molar-refractivity contribution in [2.75, 3.05) is 13.1 Å². The molecule has 3 amide bonds. The first-order valence-electron chi connectivity index (χ1n) is 7.07. The third kappa shape index (κ3) is 3.81. The standard InChI is InChI=1S/C15H26N2O3/c1-14(2,3)10-9-11(18)17(12(10)19)8-7-16-13(20)15(4,5)6/h10H,7-9H2,1-6H3,(H,16,20). The molecular weight excluding hydrogens is 256 g/mol. The van der Waals surface area contributed by atoms with Crippen LogP contribution >= 0.6 is 0 Å². The highest BCUT2D eigenvalue weighted by Gasteiger charge is 2.44. The summed E-state index contributed by atoms with van der Waals surface area (Å²) in [4.78, 5) is 37.1. The normalized spacial score (nSPS) is 20.5. The van der Waals surface area contributed by atoms with Crippen LogP contribution in [0.4, 0.5) is 0 Å². The Kier molecular flexibility index (Phi) is 4.62. The van der Waals surface area contributed by atoms with Gasteiger partial charge in [-0.1, -0.05) is 41.5 Å². The van der Waals surface area contributed by atoms with Crippen molar-refractivity contribution in [2.45, 2.75) is 48.0 Å². The summed E-state index contributed by atoms with van der Waals surface area (Å²) in [5, 5.41) is 2.76. The van der Waals surface area contributed by atoms with Gasteiger partial charge in [-0.05, 0) is 5.41 Å². The summed E-state index contributed by atoms with van der Waals surface area (Å²) in [5.41, 5.74) is -0.677. The van der Waals surface area contributed by atoms with E-state index < -0.39 is 5.41 Å². The second-order valence-electron chi connectivity index (χ2n) is 7.51. The van der Waals surface area contributed by atoms with Crippen LogP contribution in [0.5, 0.6) is 0 Å². The summed E-state index contributed by atoms with van der Waals surface area (Å²) in [5.74, 6) is -0.593. The Balaban J connectivity index is 2.56. The summed E-state index contributed by atoms with van der Waals surface area (Å²) in [6.07, 6.45) is 0.273. The van der Waals surface area contributed by atoms with Gasteiger partial charge in [-0.25, -0.2) is 0 Å². The molecule has 20 heavy (non-hydrogen) atoms. The molecule has 1 heterocycles. The molecule has 114 valence electrons. The predicted octanol–water partition coefficient (Wildman–Crippen LogP) is 1.57. The Morgan fingerprint density at radius 3 is 2.15 bits per heavy atom. The van der Waals surface area contributed by atoms with Gasteiger partial charge in [0, 0.05) is 24.9 Å². The Hall–Kier alpha value is -1.39. The molecule has 1 aliphatic heterocycles. The number of hydrogen-bond donors (Lipinski definition) is 1. The van der Waals surface area contributed by atoms with Crippen LogP contribution in [0.1, 0.15) is 48.0 Å². The minimum absolute atomic E-state index is 0.0797. The highest BCUT2D eigenvalue weighted by Crippen LogP contribution is 2.35. The summed E-state index contributed by atoms with van der Waals surface area (Å²) >= 11 is 0. The maximum Gasteiger partial charge on any atom is 0.233 e. The van der Waals surface area contributed by atoms with Crippen LogP contribution in [-0.2, 0) is 14.4 Å². The quantitative estimate of drug-likeness (QED) is 0.799. The lowest BCUT2D eigenvalue weighted by Gasteiger charge is -2.25. The van der Waals surface area contributed by atoms with Gasteiger partial charge in [-0.15, -0.1) is 0 Å². The zero-order valence-corrected chi connectivity index (χ0v) is 13.4. The molecule has 5 heteroatoms. The minimum atomic E-state index is -0.465. The molecule has 5 nitrogen and oxygen atoms in total. The van der Waals surface area contributed by atoms with E-state index >= 15 is 0 Å². The predicted molar refractivity (Wildman–Crippen MR) is 76.7 cm³/mol. The van der Waals surface area contributed by atoms with Crippen molar-refractivity contribution in [1.29, 1.82) is 0 Å². The van der Waals surface area contributed by atoms with Gasteiger partial charge in [0.15, 0.2) is 0 Å². The number of hydrogen-bond acceptors (Lipinski definition) is 3. The second-order valence-corrected chi connectivity index (χ2v) is 7.51. The number of rotatable bonds is 3. The van der Waals surface area contributed by atoms with Crippen molar-refractivity contribution in [3.8, 4) is 0 Å². The molecule has 0 bridgehead atoms. The van der Waals surface area contributed by atoms with E-state index in [0.29, 0.717) is 6.54 Å². The maximum absolute atomic E-state index is 12.2. The van der Waals surface area contributed by atoms with Crippen LogP contribution in [0.15, 0.2) is 0 Å². The fraction of sp³-hybridized carbons (Fsp3) is 0.800. The molecular formula is C15H26N2O3. The number of imide groups is 1. The SMILES string of the molecule is CC(C)(C)C(=O)NCCN1C(=O)CC(C(C)(C)C)C1=O. The Bertz CT molecular complexity index is 416. The molecule has 0 radical (unpaired) electrons. The number of amides is 3. The van der Waals surface area contributed by atoms with Gasteiger partial charge in [-0.2, -0.15) is 0 Å². The molecule has 1 saturated heterocycles. The fourth-order valence-corrected chi connectivity index (χ4v) is 2.14. The lowest BCUT2D eigenvalue weighted by molar-refractivity contribution is -0.140. The molecule has 1 atom stereocenters. The molecule has 1 fully saturated rings. The number of nitrogens with zero attached hydrogens (tertiary/aromatic N) is 1. The summed E-state index contributed by atoms with van der Waals surface area (Å²) in [6, 6.07) is 0. The van der Waals surface area contributed by atoms with E-state index in [1.54, 1.807) is 0 Å². The molecule has 0 saturated carbocycles. The van der Waals surface area contributed by atoms with Crippen molar-refractivity contribution in [3.63, 3.8) is 0 Å². The average Bonchev–Trinajstić information content (AvgIpc) is 2.54. The van der Waals surface area contributed by atoms with Gasteiger partial charge in [0.05, 0.1) is 5.92 Å². The smallest absolute Gasteiger partial charge is 0.233 e. The Morgan fingerprint density at radius 1 is 1.20 bits per heavy atom. The van der Waals surface area contributed by atoms with Crippen molar-refractivity contribution in [3.05, 3.63) is 0 Å². The Morgan fingerprint density at radius 2 is 1.75 bits per heavy atom. The van der Waals surface area contributed by atoms with Gasteiger partial charge in [0.25, 0.3) is 0 Å². The Labute approximate surface area is 121 Å². The summed E-state index contributed by atoms with van der Waals surface area (Å²) in [6.45, 7) is 11.9. The number of carbonyl (C=O) groups is 3. The molecule has 0 aromatic rings. The lowest BCUT2D eigenvalue weighted by atomic mass is 9.80. The first-order chi connectivity index (χ1) is 8.94. The third-order valence-electron chi connectivity index (χ3n) is 3.59. The van der Waals surface area contributed by atoms with E-state index in [9.17, 15) is 14.4 Å². The summed E-state index contributed by atoms with van der Waals surface area (Å²) in [7, 11) is 0. The largest absolute Gasteiger partial charge is 0.354 e. The van der Waals surface area contributed by atoms with Gasteiger partial charge < -0.3 is 5.32 Å². The second kappa shape index (κ2) is 5.54. The van der Waals surface area contributed by atoms with Crippen LogP contribution < -0.4 is 5.32 Å². The van der Waals surface area contributed by atoms with Crippen molar-refractivity contribution in [1.82, 2.24) is 10.2 Å². The van der Waals surface area contributed by atoms with E-state index in [0.717, 1.165) is 0 Å². The number of likely N-dealkylation sites (tertiary alicyclic amines) is 1. The first-order valence-corrected chi connectivity index (χ1v) is 7.07. The minimum Gasteiger partial charge on any atom is -0.354 e. The lowest BCUT2D eigenvalue weighted by Crippen LogP contribution is -2.42. The molecule has 1 aliphatic rings. The van der Waals surface area contributed by atoms with Crippen molar-refractivity contribution < 1.29 is 14.4 Å². The molecule has 0 aromatic carbocycles. The van der Waals surface area contributed by atoms with Gasteiger partial charge in [0.1, 0.15) is 0 Å². The molecule has 0 spiro atoms. The first kappa shape index (κ1) is 16.7. The number of nitrogens with one attached hydrogen (secondary N) is 1. The van der Waals surface area contributed by atoms with E-state index in [2.05, 4.69) is 5.32 Å². The van der Waals surface area contributed by atoms with Gasteiger partial charge in [-0.3, -0.25) is 19.3 Å². The van der Waals surface area contributed by atoms with Crippen molar-refractivity contribution in [2.24, 2.45) is 16.7 Å². The fourth-order valence-electron chi connectivity index (χ4n) is 2.14. The van der Waals surface area contributed by atoms with Crippen LogP contribution in [0.3, 0.4) is 0 Å². The maximum atomic E-state index is 12.2. The van der Waals surface area contributed by atoms with Crippen LogP contribution in [0, 0.1) is 16.7 Å². The van der Waals surface area contributed by atoms with Gasteiger partial charge in [0.2, 0.25) is 17.7 Å². The van der Waals surface area contributed by atoms with E-state index in [-0.39, 0.29) is 42.0 Å². The van der Waals surface area contributed by atoms with E-state index in [1.165, 1.54) is 4.90 Å². The topological polar surface area (TPSA) is 66.5 Å². The monoisotopic (exact) mass is 282 g/mol.